The summed E-state index contributed by atoms with van der Waals surface area (Å²) in [5, 5.41) is 13.3. The van der Waals surface area contributed by atoms with Gasteiger partial charge in [-0.25, -0.2) is 39.5 Å². The molecule has 27 heteroatoms. The van der Waals surface area contributed by atoms with Crippen LogP contribution >= 0.6 is 15.9 Å². The molecule has 0 fully saturated rings. The van der Waals surface area contributed by atoms with Gasteiger partial charge >= 0.3 is 0 Å². The molecule has 19 aromatic rings. The highest BCUT2D eigenvalue weighted by molar-refractivity contribution is 9.09. The number of fused-ring (bicyclic) bond motifs is 6. The Morgan fingerprint density at radius 3 is 1.12 bits per heavy atom. The summed E-state index contributed by atoms with van der Waals surface area (Å²) in [7, 11) is 0. The van der Waals surface area contributed by atoms with Crippen LogP contribution in [0.2, 0.25) is 0 Å². The number of ether oxygens (including phenoxy) is 1. The normalized spacial score (nSPS) is 11.9. The number of benzene rings is 13. The lowest BCUT2D eigenvalue weighted by atomic mass is 9.98. The largest absolute Gasteiger partial charge is 0.460 e. The molecule has 0 aliphatic rings. The van der Waals surface area contributed by atoms with Gasteiger partial charge in [-0.3, -0.25) is 28.8 Å². The fourth-order valence-corrected chi connectivity index (χ4v) is 16.2. The number of hydrogen-bond donors (Lipinski definition) is 1. The van der Waals surface area contributed by atoms with E-state index in [-0.39, 0.29) is 133 Å². The predicted molar refractivity (Wildman–Crippen MR) is 520 cm³/mol. The van der Waals surface area contributed by atoms with E-state index in [1.54, 1.807) is 62.4 Å². The van der Waals surface area contributed by atoms with E-state index < -0.39 is 91.6 Å². The molecule has 6 heterocycles. The van der Waals surface area contributed by atoms with Gasteiger partial charge in [-0.05, 0) is 183 Å². The number of halogens is 10. The first kappa shape index (κ1) is 98.2. The molecule has 17 nitrogen and oxygen atoms in total. The third-order valence-corrected chi connectivity index (χ3v) is 22.6. The van der Waals surface area contributed by atoms with Gasteiger partial charge in [-0.15, -0.1) is 0 Å². The fourth-order valence-electron chi connectivity index (χ4n) is 15.8. The number of aliphatic hydroxyl groups is 1. The van der Waals surface area contributed by atoms with Gasteiger partial charge in [0, 0.05) is 28.9 Å². The Bertz CT molecular complexity index is 8170. The van der Waals surface area contributed by atoms with Gasteiger partial charge in [0.2, 0.25) is 32.6 Å². The quantitative estimate of drug-likeness (QED) is 0.0292. The van der Waals surface area contributed by atoms with Crippen LogP contribution in [-0.2, 0) is 24.2 Å². The maximum atomic E-state index is 14.1. The number of nitrogens with zero attached hydrogens (tertiary/aromatic N) is 3. The van der Waals surface area contributed by atoms with Crippen LogP contribution in [0.3, 0.4) is 0 Å². The highest BCUT2D eigenvalue weighted by Gasteiger charge is 2.29. The van der Waals surface area contributed by atoms with Crippen molar-refractivity contribution in [3.63, 3.8) is 0 Å². The molecule has 19 rings (SSSR count). The summed E-state index contributed by atoms with van der Waals surface area (Å²) >= 11 is 3.34. The first-order chi connectivity index (χ1) is 66.5. The average molecular weight is 1930 g/mol. The Hall–Kier alpha value is -15.8. The van der Waals surface area contributed by atoms with Crippen molar-refractivity contribution >= 4 is 81.7 Å². The number of hydrogen-bond acceptors (Lipinski definition) is 15. The molecule has 0 spiro atoms. The zero-order valence-electron chi connectivity index (χ0n) is 74.8. The summed E-state index contributed by atoms with van der Waals surface area (Å²) in [6.45, 7) is 12.9. The standard InChI is InChI=1S/C25H22O3.C18H14F2O2.C17H11BrF2O2.C17H11F2N3O2.C17H12F2O2.C17H13FO3/c1-17-10-9-15-21-22(17)24(26)23(20-13-7-4-8-14-20)25(28-21)18(2)27-16-19-11-5-3-6-12-19;1-2-5-14-16(11-6-3-7-12(19)10-11)18(21)17-13(20)8-4-9-15(17)22-14;1-9(18)17-14(10-5-2-3-6-11(10)19)16(21)15-12(20)7-4-8-13(15)22-17;1-9(21-22-20)17-14(10-4-2-5-11(18)8-10)16(23)15-12(19)6-3-7-13(15)24-17;1-2-13-15(10-6-3-4-7-11(10)18)17(20)16-12(19)8-5-9-14(16)21-13;1-10(19)17-14(11-6-3-2-4-7-11)16(20)15-12(18)8-5-9-13(15)21-17/h3-15,18H,16H2,1-2H3;3-4,6-10H,2,5H2,1H3;2-9H,1H3;2-9H,1H3;3-9H,2H2,1H3;2-10,19H,1H3. The number of rotatable bonds is 17. The molecule has 1 N–H and O–H groups in total. The van der Waals surface area contributed by atoms with E-state index in [1.165, 1.54) is 166 Å². The van der Waals surface area contributed by atoms with Crippen LogP contribution in [-0.4, -0.2) is 5.11 Å². The van der Waals surface area contributed by atoms with E-state index in [9.17, 15) is 73.4 Å². The molecule has 0 aliphatic carbocycles. The Morgan fingerprint density at radius 2 is 0.688 bits per heavy atom. The number of aryl methyl sites for hydroxylation is 3. The molecule has 0 bridgehead atoms. The maximum Gasteiger partial charge on any atom is 0.203 e. The van der Waals surface area contributed by atoms with Crippen molar-refractivity contribution in [2.45, 2.75) is 97.4 Å². The molecule has 6 aromatic heterocycles. The van der Waals surface area contributed by atoms with Gasteiger partial charge in [-0.1, -0.05) is 229 Å². The molecule has 4 atom stereocenters. The minimum Gasteiger partial charge on any atom is -0.460 e. The van der Waals surface area contributed by atoms with E-state index in [0.29, 0.717) is 64.4 Å². The first-order valence-corrected chi connectivity index (χ1v) is 44.4. The Kier molecular flexibility index (Phi) is 31.4. The van der Waals surface area contributed by atoms with E-state index >= 15 is 0 Å². The van der Waals surface area contributed by atoms with E-state index in [4.69, 9.17) is 36.8 Å². The highest BCUT2D eigenvalue weighted by Crippen LogP contribution is 2.39. The summed E-state index contributed by atoms with van der Waals surface area (Å²) in [5.74, 6) is -3.60. The molecule has 0 saturated carbocycles. The average Bonchev–Trinajstić information content (AvgIpc) is 0.777. The van der Waals surface area contributed by atoms with Gasteiger partial charge < -0.3 is 36.3 Å². The van der Waals surface area contributed by atoms with Crippen LogP contribution < -0.4 is 32.6 Å². The molecule has 0 radical (unpaired) electrons. The lowest BCUT2D eigenvalue weighted by Crippen LogP contribution is -2.13. The zero-order valence-corrected chi connectivity index (χ0v) is 76.4. The summed E-state index contributed by atoms with van der Waals surface area (Å²) in [5.41, 5.74) is 12.6. The second kappa shape index (κ2) is 44.1. The van der Waals surface area contributed by atoms with Gasteiger partial charge in [0.25, 0.3) is 0 Å². The Morgan fingerprint density at radius 1 is 0.355 bits per heavy atom. The monoisotopic (exact) mass is 1930 g/mol. The highest BCUT2D eigenvalue weighted by atomic mass is 79.9. The molecule has 0 saturated heterocycles. The Labute approximate surface area is 789 Å². The van der Waals surface area contributed by atoms with Crippen molar-refractivity contribution in [3.05, 3.63) is 467 Å². The van der Waals surface area contributed by atoms with Crippen LogP contribution in [0.5, 0.6) is 0 Å². The topological polar surface area (TPSA) is 259 Å². The molecular formula is C111H83BrF9N3O14. The Balaban J connectivity index is 0.000000133. The fraction of sp³-hybridized carbons (Fsp3) is 0.135. The third-order valence-electron chi connectivity index (χ3n) is 22.2. The summed E-state index contributed by atoms with van der Waals surface area (Å²) in [6.07, 6.45) is 0.346. The lowest BCUT2D eigenvalue weighted by Gasteiger charge is -2.17. The van der Waals surface area contributed by atoms with Gasteiger partial charge in [0.15, 0.2) is 0 Å². The van der Waals surface area contributed by atoms with Crippen molar-refractivity contribution in [1.82, 2.24) is 0 Å². The molecule has 4 unspecified atom stereocenters. The predicted octanol–water partition coefficient (Wildman–Crippen LogP) is 29.0. The van der Waals surface area contributed by atoms with Crippen LogP contribution in [0.15, 0.2) is 358 Å². The molecule has 0 amide bonds. The molecule has 13 aromatic carbocycles. The zero-order chi connectivity index (χ0) is 98.3. The second-order valence-electron chi connectivity index (χ2n) is 31.6. The van der Waals surface area contributed by atoms with Crippen molar-refractivity contribution in [2.75, 3.05) is 0 Å². The minimum atomic E-state index is -0.972. The van der Waals surface area contributed by atoms with Crippen molar-refractivity contribution in [3.8, 4) is 66.8 Å². The smallest absolute Gasteiger partial charge is 0.203 e. The van der Waals surface area contributed by atoms with E-state index in [0.717, 1.165) is 35.2 Å². The maximum absolute atomic E-state index is 14.1. The second-order valence-corrected chi connectivity index (χ2v) is 33.0. The van der Waals surface area contributed by atoms with Crippen LogP contribution in [0.25, 0.3) is 143 Å². The molecule has 138 heavy (non-hydrogen) atoms. The first-order valence-electron chi connectivity index (χ1n) is 43.5. The van der Waals surface area contributed by atoms with E-state index in [1.807, 2.05) is 106 Å². The van der Waals surface area contributed by atoms with Crippen molar-refractivity contribution in [1.29, 1.82) is 0 Å². The van der Waals surface area contributed by atoms with Gasteiger partial charge in [-0.2, -0.15) is 0 Å². The minimum absolute atomic E-state index is 0.0179. The SMILES string of the molecule is CC(Br)c1oc2cccc(F)c2c(=O)c1-c1ccccc1F.CC(N=[N+]=[N-])c1oc2cccc(F)c2c(=O)c1-c1cccc(F)c1.CC(O)c1oc2cccc(F)c2c(=O)c1-c1ccccc1.CCCc1oc2cccc(F)c2c(=O)c1-c1cccc(F)c1.CCc1oc2cccc(F)c2c(=O)c1-c1ccccc1F.Cc1cccc2oc(C(C)OCc3ccccc3)c(-c3ccccc3)c(=O)c12. The van der Waals surface area contributed by atoms with Crippen LogP contribution in [0, 0.1) is 59.3 Å². The van der Waals surface area contributed by atoms with Crippen LogP contribution in [0.1, 0.15) is 117 Å². The third kappa shape index (κ3) is 21.3. The van der Waals surface area contributed by atoms with E-state index in [2.05, 4.69) is 26.0 Å². The summed E-state index contributed by atoms with van der Waals surface area (Å²) in [4.78, 5) is 79.4. The molecule has 696 valence electrons. The number of alkyl halides is 1. The van der Waals surface area contributed by atoms with Gasteiger partial charge in [0.05, 0.1) is 56.2 Å². The summed E-state index contributed by atoms with van der Waals surface area (Å²) in [6, 6.07) is 76.9. The van der Waals surface area contributed by atoms with Crippen LogP contribution in [0.4, 0.5) is 39.5 Å². The number of aliphatic hydroxyl groups excluding tert-OH is 1. The number of azide groups is 1. The van der Waals surface area contributed by atoms with Crippen molar-refractivity contribution in [2.24, 2.45) is 5.11 Å². The molecule has 0 aliphatic heterocycles. The van der Waals surface area contributed by atoms with Gasteiger partial charge in [0.1, 0.15) is 160 Å². The summed E-state index contributed by atoms with van der Waals surface area (Å²) < 4.78 is 166. The lowest BCUT2D eigenvalue weighted by molar-refractivity contribution is 0.0389. The molecular weight excluding hydrogens is 1850 g/mol. The van der Waals surface area contributed by atoms with Crippen molar-refractivity contribution < 1.29 is 75.9 Å².